The van der Waals surface area contributed by atoms with Crippen LogP contribution in [0.15, 0.2) is 42.6 Å². The van der Waals surface area contributed by atoms with Crippen molar-refractivity contribution >= 4 is 17.9 Å². The molecule has 0 bridgehead atoms. The van der Waals surface area contributed by atoms with Crippen LogP contribution >= 0.6 is 0 Å². The van der Waals surface area contributed by atoms with E-state index in [2.05, 4.69) is 20.6 Å². The predicted octanol–water partition coefficient (Wildman–Crippen LogP) is 2.43. The van der Waals surface area contributed by atoms with E-state index in [9.17, 15) is 9.59 Å². The van der Waals surface area contributed by atoms with Crippen LogP contribution in [0.4, 0.5) is 10.7 Å². The molecule has 1 aromatic carbocycles. The van der Waals surface area contributed by atoms with Gasteiger partial charge >= 0.3 is 6.03 Å². The van der Waals surface area contributed by atoms with Crippen molar-refractivity contribution in [3.05, 3.63) is 42.6 Å². The van der Waals surface area contributed by atoms with Crippen molar-refractivity contribution in [1.82, 2.24) is 15.3 Å². The summed E-state index contributed by atoms with van der Waals surface area (Å²) in [4.78, 5) is 31.2. The van der Waals surface area contributed by atoms with E-state index in [0.717, 1.165) is 12.8 Å². The zero-order valence-corrected chi connectivity index (χ0v) is 14.2. The highest BCUT2D eigenvalue weighted by Crippen LogP contribution is 2.26. The summed E-state index contributed by atoms with van der Waals surface area (Å²) in [5.74, 6) is 1.17. The van der Waals surface area contributed by atoms with E-state index in [1.807, 2.05) is 30.3 Å². The van der Waals surface area contributed by atoms with E-state index >= 15 is 0 Å². The normalized spacial score (nSPS) is 19.4. The molecular weight excluding hydrogens is 334 g/mol. The number of ether oxygens (including phenoxy) is 1. The number of anilines is 1. The fourth-order valence-corrected chi connectivity index (χ4v) is 2.98. The third-order valence-electron chi connectivity index (χ3n) is 4.27. The number of nitrogens with zero attached hydrogens (tertiary/aromatic N) is 2. The van der Waals surface area contributed by atoms with Gasteiger partial charge in [0.25, 0.3) is 0 Å². The number of para-hydroxylation sites is 1. The number of carbonyl (C=O) groups excluding carboxylic acids is 2. The van der Waals surface area contributed by atoms with E-state index in [1.54, 1.807) is 12.3 Å². The first-order chi connectivity index (χ1) is 12.6. The number of aromatic nitrogens is 2. The maximum atomic E-state index is 11.8. The number of primary amides is 1. The van der Waals surface area contributed by atoms with Crippen molar-refractivity contribution in [2.24, 2.45) is 11.7 Å². The van der Waals surface area contributed by atoms with E-state index in [4.69, 9.17) is 10.5 Å². The molecule has 1 saturated carbocycles. The average molecular weight is 355 g/mol. The average Bonchev–Trinajstić information content (AvgIpc) is 2.63. The lowest BCUT2D eigenvalue weighted by Gasteiger charge is -2.28. The second-order valence-electron chi connectivity index (χ2n) is 6.18. The molecule has 0 spiro atoms. The molecule has 4 N–H and O–H groups in total. The number of imide groups is 1. The molecule has 1 aromatic heterocycles. The molecule has 1 heterocycles. The van der Waals surface area contributed by atoms with Gasteiger partial charge in [0.05, 0.1) is 0 Å². The highest BCUT2D eigenvalue weighted by Gasteiger charge is 2.27. The van der Waals surface area contributed by atoms with Crippen molar-refractivity contribution in [2.45, 2.75) is 31.7 Å². The van der Waals surface area contributed by atoms with Gasteiger partial charge in [-0.15, -0.1) is 0 Å². The van der Waals surface area contributed by atoms with Crippen molar-refractivity contribution < 1.29 is 14.3 Å². The van der Waals surface area contributed by atoms with Crippen molar-refractivity contribution in [3.8, 4) is 11.6 Å². The van der Waals surface area contributed by atoms with Crippen LogP contribution in [0.1, 0.15) is 25.7 Å². The molecule has 0 unspecified atom stereocenters. The van der Waals surface area contributed by atoms with E-state index in [0.29, 0.717) is 30.4 Å². The summed E-state index contributed by atoms with van der Waals surface area (Å²) >= 11 is 0. The summed E-state index contributed by atoms with van der Waals surface area (Å²) in [6, 6.07) is 10.5. The Balaban J connectivity index is 1.53. The largest absolute Gasteiger partial charge is 0.439 e. The van der Waals surface area contributed by atoms with Gasteiger partial charge < -0.3 is 15.8 Å². The fourth-order valence-electron chi connectivity index (χ4n) is 2.98. The molecule has 0 saturated heterocycles. The van der Waals surface area contributed by atoms with Gasteiger partial charge in [0.15, 0.2) is 0 Å². The van der Waals surface area contributed by atoms with Crippen LogP contribution in [0.2, 0.25) is 0 Å². The number of rotatable bonds is 5. The minimum Gasteiger partial charge on any atom is -0.439 e. The van der Waals surface area contributed by atoms with Crippen molar-refractivity contribution in [3.63, 3.8) is 0 Å². The Bertz CT molecular complexity index is 760. The smallest absolute Gasteiger partial charge is 0.318 e. The molecule has 0 aliphatic heterocycles. The SMILES string of the molecule is NC(=O)NC(=O)C1CCC(Nc2nccc(Oc3ccccc3)n2)CC1. The zero-order valence-electron chi connectivity index (χ0n) is 14.2. The number of hydrogen-bond acceptors (Lipinski definition) is 6. The first-order valence-electron chi connectivity index (χ1n) is 8.53. The molecule has 1 aliphatic carbocycles. The van der Waals surface area contributed by atoms with Crippen LogP contribution in [0, 0.1) is 5.92 Å². The number of carbonyl (C=O) groups is 2. The van der Waals surface area contributed by atoms with Gasteiger partial charge in [0, 0.05) is 24.2 Å². The molecule has 0 radical (unpaired) electrons. The van der Waals surface area contributed by atoms with Gasteiger partial charge in [0.2, 0.25) is 17.7 Å². The Labute approximate surface area is 151 Å². The second-order valence-corrected chi connectivity index (χ2v) is 6.18. The molecule has 2 aromatic rings. The standard InChI is InChI=1S/C18H21N5O3/c19-17(25)23-16(24)12-6-8-13(9-7-12)21-18-20-11-10-15(22-18)26-14-4-2-1-3-5-14/h1-5,10-13H,6-9H2,(H,20,21,22)(H3,19,23,24,25). The molecule has 8 heteroatoms. The Morgan fingerprint density at radius 3 is 2.50 bits per heavy atom. The van der Waals surface area contributed by atoms with Gasteiger partial charge in [-0.1, -0.05) is 18.2 Å². The lowest BCUT2D eigenvalue weighted by Crippen LogP contribution is -2.41. The number of hydrogen-bond donors (Lipinski definition) is 3. The Morgan fingerprint density at radius 2 is 1.81 bits per heavy atom. The van der Waals surface area contributed by atoms with Crippen LogP contribution in [0.3, 0.4) is 0 Å². The van der Waals surface area contributed by atoms with Crippen LogP contribution < -0.4 is 21.1 Å². The summed E-state index contributed by atoms with van der Waals surface area (Å²) in [7, 11) is 0. The summed E-state index contributed by atoms with van der Waals surface area (Å²) in [5, 5.41) is 5.43. The lowest BCUT2D eigenvalue weighted by atomic mass is 9.85. The van der Waals surface area contributed by atoms with Crippen LogP contribution in [0.25, 0.3) is 0 Å². The van der Waals surface area contributed by atoms with Gasteiger partial charge in [0.1, 0.15) is 5.75 Å². The highest BCUT2D eigenvalue weighted by molar-refractivity contribution is 5.94. The lowest BCUT2D eigenvalue weighted by molar-refractivity contribution is -0.124. The first kappa shape index (κ1) is 17.7. The predicted molar refractivity (Wildman–Crippen MR) is 95.6 cm³/mol. The molecule has 136 valence electrons. The summed E-state index contributed by atoms with van der Waals surface area (Å²) < 4.78 is 5.71. The first-order valence-corrected chi connectivity index (χ1v) is 8.53. The maximum Gasteiger partial charge on any atom is 0.318 e. The fraction of sp³-hybridized carbons (Fsp3) is 0.333. The number of nitrogens with two attached hydrogens (primary N) is 1. The molecule has 0 atom stereocenters. The minimum atomic E-state index is -0.807. The van der Waals surface area contributed by atoms with Crippen LogP contribution in [-0.4, -0.2) is 27.9 Å². The van der Waals surface area contributed by atoms with Gasteiger partial charge in [-0.2, -0.15) is 4.98 Å². The quantitative estimate of drug-likeness (QED) is 0.758. The Morgan fingerprint density at radius 1 is 1.08 bits per heavy atom. The van der Waals surface area contributed by atoms with E-state index in [1.165, 1.54) is 0 Å². The Hall–Kier alpha value is -3.16. The Kier molecular flexibility index (Phi) is 5.62. The zero-order chi connectivity index (χ0) is 18.4. The number of benzene rings is 1. The van der Waals surface area contributed by atoms with Gasteiger partial charge in [-0.25, -0.2) is 9.78 Å². The van der Waals surface area contributed by atoms with Crippen molar-refractivity contribution in [1.29, 1.82) is 0 Å². The summed E-state index contributed by atoms with van der Waals surface area (Å²) in [6.07, 6.45) is 4.56. The van der Waals surface area contributed by atoms with Crippen LogP contribution in [0.5, 0.6) is 11.6 Å². The molecule has 26 heavy (non-hydrogen) atoms. The number of nitrogens with one attached hydrogen (secondary N) is 2. The summed E-state index contributed by atoms with van der Waals surface area (Å²) in [5.41, 5.74) is 4.99. The van der Waals surface area contributed by atoms with Crippen molar-refractivity contribution in [2.75, 3.05) is 5.32 Å². The molecule has 1 fully saturated rings. The topological polar surface area (TPSA) is 119 Å². The number of amides is 3. The van der Waals surface area contributed by atoms with Gasteiger partial charge in [-0.3, -0.25) is 10.1 Å². The van der Waals surface area contributed by atoms with Crippen LogP contribution in [-0.2, 0) is 4.79 Å². The highest BCUT2D eigenvalue weighted by atomic mass is 16.5. The third kappa shape index (κ3) is 4.92. The monoisotopic (exact) mass is 355 g/mol. The molecule has 8 nitrogen and oxygen atoms in total. The molecule has 1 aliphatic rings. The molecular formula is C18H21N5O3. The van der Waals surface area contributed by atoms with Gasteiger partial charge in [-0.05, 0) is 37.8 Å². The molecule has 3 amide bonds. The third-order valence-corrected chi connectivity index (χ3v) is 4.27. The molecule has 3 rings (SSSR count). The van der Waals surface area contributed by atoms with E-state index < -0.39 is 6.03 Å². The second kappa shape index (κ2) is 8.28. The summed E-state index contributed by atoms with van der Waals surface area (Å²) in [6.45, 7) is 0. The maximum absolute atomic E-state index is 11.8. The van der Waals surface area contributed by atoms with E-state index in [-0.39, 0.29) is 17.9 Å². The number of urea groups is 1. The minimum absolute atomic E-state index is 0.166.